The van der Waals surface area contributed by atoms with Gasteiger partial charge in [0, 0.05) is 0 Å². The molecule has 0 aromatic carbocycles. The first-order valence-electron chi connectivity index (χ1n) is 3.67. The van der Waals surface area contributed by atoms with Crippen LogP contribution in [-0.4, -0.2) is 0 Å². The van der Waals surface area contributed by atoms with E-state index in [0.717, 1.165) is 0 Å². The summed E-state index contributed by atoms with van der Waals surface area (Å²) in [6.07, 6.45) is 5.54. The molecule has 0 saturated heterocycles. The number of unbranched alkanes of at least 4 members (excludes halogenated alkanes) is 3. The Morgan fingerprint density at radius 2 is 1.00 bits per heavy atom. The molecule has 0 aromatic rings. The molecule has 0 nitrogen and oxygen atoms in total. The Morgan fingerprint density at radius 1 is 0.818 bits per heavy atom. The molecule has 5 heteroatoms. The minimum absolute atomic E-state index is 1.36. The van der Waals surface area contributed by atoms with Crippen LogP contribution >= 0.6 is 34.3 Å². The van der Waals surface area contributed by atoms with Crippen LogP contribution in [0.4, 0.5) is 0 Å². The summed E-state index contributed by atoms with van der Waals surface area (Å²) < 4.78 is 0. The van der Waals surface area contributed by atoms with E-state index in [1.54, 1.807) is 0 Å². The molecule has 11 heavy (non-hydrogen) atoms. The normalized spacial score (nSPS) is 10.4. The molecule has 0 saturated carbocycles. The maximum atomic E-state index is 5.05. The average Bonchev–Trinajstić information content (AvgIpc) is 1.79. The van der Waals surface area contributed by atoms with Gasteiger partial charge in [0.25, 0.3) is 0 Å². The van der Waals surface area contributed by atoms with Crippen molar-refractivity contribution in [1.29, 1.82) is 0 Å². The zero-order chi connectivity index (χ0) is 9.33. The molecule has 0 N–H and O–H groups in total. The number of rotatable bonds is 3. The molecular formula is C6H14Cl4Hf. The molecule has 0 heterocycles. The van der Waals surface area contributed by atoms with Gasteiger partial charge < -0.3 is 0 Å². The Labute approximate surface area is 88.2 Å². The second-order valence-electron chi connectivity index (χ2n) is 2.14. The predicted molar refractivity (Wildman–Crippen MR) is 53.2 cm³/mol. The van der Waals surface area contributed by atoms with Gasteiger partial charge in [0.05, 0.1) is 0 Å². The third-order valence-corrected chi connectivity index (χ3v) is 0.957. The molecule has 0 unspecified atom stereocenters. The minimum atomic E-state index is -3.39. The van der Waals surface area contributed by atoms with Gasteiger partial charge in [-0.1, -0.05) is 39.5 Å². The molecule has 0 bridgehead atoms. The zero-order valence-corrected chi connectivity index (χ0v) is 13.5. The third-order valence-electron chi connectivity index (χ3n) is 0.957. The van der Waals surface area contributed by atoms with Gasteiger partial charge in [-0.15, -0.1) is 0 Å². The molecule has 0 amide bonds. The van der Waals surface area contributed by atoms with Crippen LogP contribution in [0.1, 0.15) is 39.5 Å². The first-order valence-corrected chi connectivity index (χ1v) is 21.5. The molecule has 0 aliphatic carbocycles. The van der Waals surface area contributed by atoms with Crippen molar-refractivity contribution < 1.29 is 15.2 Å². The fourth-order valence-electron chi connectivity index (χ4n) is 0.500. The van der Waals surface area contributed by atoms with Crippen molar-refractivity contribution in [3.8, 4) is 0 Å². The van der Waals surface area contributed by atoms with Gasteiger partial charge in [-0.3, -0.25) is 0 Å². The summed E-state index contributed by atoms with van der Waals surface area (Å²) in [7, 11) is 20.2. The molecule has 0 radical (unpaired) electrons. The fraction of sp³-hybridized carbons (Fsp3) is 1.00. The molecule has 0 rings (SSSR count). The van der Waals surface area contributed by atoms with E-state index in [9.17, 15) is 0 Å². The van der Waals surface area contributed by atoms with Crippen molar-refractivity contribution in [3.05, 3.63) is 0 Å². The van der Waals surface area contributed by atoms with Crippen molar-refractivity contribution in [2.45, 2.75) is 39.5 Å². The summed E-state index contributed by atoms with van der Waals surface area (Å²) in [6, 6.07) is 0. The van der Waals surface area contributed by atoms with E-state index >= 15 is 0 Å². The zero-order valence-electron chi connectivity index (χ0n) is 6.84. The Kier molecular flexibility index (Phi) is 14.3. The van der Waals surface area contributed by atoms with E-state index in [1.807, 2.05) is 0 Å². The maximum absolute atomic E-state index is 5.05. The summed E-state index contributed by atoms with van der Waals surface area (Å²) in [5.41, 5.74) is 0. The van der Waals surface area contributed by atoms with Gasteiger partial charge in [0.15, 0.2) is 0 Å². The Bertz CT molecular complexity index is 61.5. The summed E-state index contributed by atoms with van der Waals surface area (Å²) in [5.74, 6) is 0. The van der Waals surface area contributed by atoms with Gasteiger partial charge >= 0.3 is 49.5 Å². The van der Waals surface area contributed by atoms with Crippen LogP contribution in [0.15, 0.2) is 0 Å². The summed E-state index contributed by atoms with van der Waals surface area (Å²) in [4.78, 5) is 0. The van der Waals surface area contributed by atoms with E-state index in [1.165, 1.54) is 25.7 Å². The standard InChI is InChI=1S/C6H14.4ClH.Hf/c1-3-5-6-4-2;;;;;/h3-6H2,1-2H3;4*1H;/q;;;;;+4/p-4. The van der Waals surface area contributed by atoms with Crippen LogP contribution in [0.2, 0.25) is 0 Å². The van der Waals surface area contributed by atoms with Crippen LogP contribution in [0.25, 0.3) is 0 Å². The Hall–Kier alpha value is 2.03. The molecule has 0 aliphatic heterocycles. The van der Waals surface area contributed by atoms with E-state index in [2.05, 4.69) is 13.8 Å². The molecule has 0 spiro atoms. The summed E-state index contributed by atoms with van der Waals surface area (Å²) >= 11 is -3.39. The molecular weight excluding hydrogens is 392 g/mol. The molecule has 0 fully saturated rings. The van der Waals surface area contributed by atoms with Crippen molar-refractivity contribution >= 4 is 34.3 Å². The molecule has 0 aromatic heterocycles. The fourth-order valence-corrected chi connectivity index (χ4v) is 0.500. The van der Waals surface area contributed by atoms with Crippen LogP contribution in [-0.2, 0) is 15.2 Å². The summed E-state index contributed by atoms with van der Waals surface area (Å²) in [6.45, 7) is 4.46. The number of halogens is 4. The van der Waals surface area contributed by atoms with Crippen LogP contribution in [0, 0.1) is 0 Å². The van der Waals surface area contributed by atoms with E-state index < -0.39 is 15.2 Å². The first-order chi connectivity index (χ1) is 4.91. The van der Waals surface area contributed by atoms with E-state index in [-0.39, 0.29) is 0 Å². The van der Waals surface area contributed by atoms with Crippen LogP contribution < -0.4 is 0 Å². The third kappa shape index (κ3) is 47.8. The predicted octanol–water partition coefficient (Wildman–Crippen LogP) is 5.34. The second kappa shape index (κ2) is 10.1. The topological polar surface area (TPSA) is 0 Å². The van der Waals surface area contributed by atoms with E-state index in [0.29, 0.717) is 0 Å². The number of hydrogen-bond donors (Lipinski definition) is 0. The summed E-state index contributed by atoms with van der Waals surface area (Å²) in [5, 5.41) is 0. The Morgan fingerprint density at radius 3 is 1.09 bits per heavy atom. The molecule has 0 aliphatic rings. The van der Waals surface area contributed by atoms with Crippen LogP contribution in [0.3, 0.4) is 0 Å². The van der Waals surface area contributed by atoms with Crippen molar-refractivity contribution in [2.24, 2.45) is 0 Å². The van der Waals surface area contributed by atoms with Crippen LogP contribution in [0.5, 0.6) is 0 Å². The van der Waals surface area contributed by atoms with Gasteiger partial charge in [0.2, 0.25) is 0 Å². The first kappa shape index (κ1) is 15.5. The van der Waals surface area contributed by atoms with E-state index in [4.69, 9.17) is 34.3 Å². The van der Waals surface area contributed by atoms with Crippen molar-refractivity contribution in [1.82, 2.24) is 0 Å². The SMILES string of the molecule is CCCCCC.[Cl][Hf]([Cl])([Cl])[Cl]. The number of hydrogen-bond acceptors (Lipinski definition) is 0. The van der Waals surface area contributed by atoms with Crippen molar-refractivity contribution in [3.63, 3.8) is 0 Å². The molecule has 0 atom stereocenters. The Balaban J connectivity index is 0. The van der Waals surface area contributed by atoms with Gasteiger partial charge in [-0.2, -0.15) is 0 Å². The average molecular weight is 406 g/mol. The monoisotopic (exact) mass is 406 g/mol. The van der Waals surface area contributed by atoms with Crippen molar-refractivity contribution in [2.75, 3.05) is 0 Å². The van der Waals surface area contributed by atoms with Gasteiger partial charge in [0.1, 0.15) is 0 Å². The quantitative estimate of drug-likeness (QED) is 0.438. The van der Waals surface area contributed by atoms with Gasteiger partial charge in [-0.25, -0.2) is 0 Å². The second-order valence-corrected chi connectivity index (χ2v) is 33.3. The molecule has 70 valence electrons. The van der Waals surface area contributed by atoms with Gasteiger partial charge in [-0.05, 0) is 0 Å².